The van der Waals surface area contributed by atoms with Gasteiger partial charge in [-0.3, -0.25) is 0 Å². The van der Waals surface area contributed by atoms with E-state index in [1.54, 1.807) is 0 Å². The van der Waals surface area contributed by atoms with Gasteiger partial charge in [0.1, 0.15) is 4.99 Å². The average Bonchev–Trinajstić information content (AvgIpc) is 2.27. The second-order valence-electron chi connectivity index (χ2n) is 5.40. The number of nitrogens with zero attached hydrogens (tertiary/aromatic N) is 1. The van der Waals surface area contributed by atoms with Crippen LogP contribution >= 0.6 is 12.2 Å². The van der Waals surface area contributed by atoms with Gasteiger partial charge in [0.25, 0.3) is 0 Å². The minimum Gasteiger partial charge on any atom is -0.389 e. The van der Waals surface area contributed by atoms with Crippen molar-refractivity contribution in [2.24, 2.45) is 5.73 Å². The maximum atomic E-state index is 5.74. The van der Waals surface area contributed by atoms with Crippen LogP contribution in [0, 0.1) is 6.92 Å². The van der Waals surface area contributed by atoms with E-state index in [0.29, 0.717) is 4.99 Å². The van der Waals surface area contributed by atoms with Crippen LogP contribution in [-0.2, 0) is 4.74 Å². The molecule has 1 heterocycles. The van der Waals surface area contributed by atoms with Crippen molar-refractivity contribution >= 4 is 22.9 Å². The standard InChI is InChI=1S/C14H20N2OS/c1-10-8-11(13(15)18)4-5-12(10)16-6-7-17-14(2,3)9-16/h4-5,8H,6-7,9H2,1-3H3,(H2,15,18). The lowest BCUT2D eigenvalue weighted by atomic mass is 10.0. The largest absolute Gasteiger partial charge is 0.389 e. The van der Waals surface area contributed by atoms with E-state index in [4.69, 9.17) is 22.7 Å². The Morgan fingerprint density at radius 1 is 1.44 bits per heavy atom. The van der Waals surface area contributed by atoms with E-state index in [-0.39, 0.29) is 5.60 Å². The molecule has 98 valence electrons. The van der Waals surface area contributed by atoms with Gasteiger partial charge >= 0.3 is 0 Å². The van der Waals surface area contributed by atoms with Gasteiger partial charge in [-0.1, -0.05) is 12.2 Å². The molecule has 3 nitrogen and oxygen atoms in total. The van der Waals surface area contributed by atoms with Crippen molar-refractivity contribution in [1.29, 1.82) is 0 Å². The third-order valence-corrected chi connectivity index (χ3v) is 3.48. The molecule has 1 aromatic rings. The fourth-order valence-electron chi connectivity index (χ4n) is 2.39. The summed E-state index contributed by atoms with van der Waals surface area (Å²) < 4.78 is 5.74. The third kappa shape index (κ3) is 2.82. The Labute approximate surface area is 114 Å². The number of ether oxygens (including phenoxy) is 1. The number of nitrogens with two attached hydrogens (primary N) is 1. The Morgan fingerprint density at radius 3 is 2.72 bits per heavy atom. The SMILES string of the molecule is Cc1cc(C(N)=S)ccc1N1CCOC(C)(C)C1. The summed E-state index contributed by atoms with van der Waals surface area (Å²) in [7, 11) is 0. The Bertz CT molecular complexity index is 471. The van der Waals surface area contributed by atoms with Crippen molar-refractivity contribution in [2.45, 2.75) is 26.4 Å². The second kappa shape index (κ2) is 4.86. The molecule has 1 aliphatic heterocycles. The molecular weight excluding hydrogens is 244 g/mol. The van der Waals surface area contributed by atoms with Gasteiger partial charge in [0.2, 0.25) is 0 Å². The molecule has 0 bridgehead atoms. The van der Waals surface area contributed by atoms with Crippen molar-refractivity contribution < 1.29 is 4.74 Å². The Balaban J connectivity index is 2.26. The van der Waals surface area contributed by atoms with Gasteiger partial charge in [-0.25, -0.2) is 0 Å². The molecule has 0 aromatic heterocycles. The van der Waals surface area contributed by atoms with E-state index < -0.39 is 0 Å². The second-order valence-corrected chi connectivity index (χ2v) is 5.84. The van der Waals surface area contributed by atoms with Crippen molar-refractivity contribution in [2.75, 3.05) is 24.6 Å². The lowest BCUT2D eigenvalue weighted by molar-refractivity contribution is -0.0277. The first-order valence-electron chi connectivity index (χ1n) is 6.18. The smallest absolute Gasteiger partial charge is 0.103 e. The number of anilines is 1. The number of hydrogen-bond donors (Lipinski definition) is 1. The number of morpholine rings is 1. The topological polar surface area (TPSA) is 38.5 Å². The van der Waals surface area contributed by atoms with Crippen molar-refractivity contribution in [3.63, 3.8) is 0 Å². The number of hydrogen-bond acceptors (Lipinski definition) is 3. The molecule has 2 N–H and O–H groups in total. The number of aryl methyl sites for hydroxylation is 1. The molecular formula is C14H20N2OS. The number of benzene rings is 1. The average molecular weight is 264 g/mol. The molecule has 0 amide bonds. The maximum absolute atomic E-state index is 5.74. The van der Waals surface area contributed by atoms with Crippen LogP contribution in [0.5, 0.6) is 0 Å². The van der Waals surface area contributed by atoms with Gasteiger partial charge < -0.3 is 15.4 Å². The van der Waals surface area contributed by atoms with Gasteiger partial charge in [-0.2, -0.15) is 0 Å². The van der Waals surface area contributed by atoms with Crippen LogP contribution in [0.1, 0.15) is 25.0 Å². The van der Waals surface area contributed by atoms with Crippen LogP contribution in [0.25, 0.3) is 0 Å². The van der Waals surface area contributed by atoms with Crippen LogP contribution < -0.4 is 10.6 Å². The molecule has 18 heavy (non-hydrogen) atoms. The molecule has 0 unspecified atom stereocenters. The normalized spacial score (nSPS) is 18.7. The Hall–Kier alpha value is -1.13. The van der Waals surface area contributed by atoms with Crippen LogP contribution in [0.3, 0.4) is 0 Å². The van der Waals surface area contributed by atoms with Crippen molar-refractivity contribution in [1.82, 2.24) is 0 Å². The van der Waals surface area contributed by atoms with E-state index >= 15 is 0 Å². The predicted molar refractivity (Wildman–Crippen MR) is 79.3 cm³/mol. The van der Waals surface area contributed by atoms with E-state index in [2.05, 4.69) is 37.8 Å². The first kappa shape index (κ1) is 13.3. The highest BCUT2D eigenvalue weighted by Crippen LogP contribution is 2.26. The summed E-state index contributed by atoms with van der Waals surface area (Å²) in [5.74, 6) is 0. The number of rotatable bonds is 2. The Morgan fingerprint density at radius 2 is 2.17 bits per heavy atom. The first-order chi connectivity index (χ1) is 8.39. The molecule has 1 aliphatic rings. The summed E-state index contributed by atoms with van der Waals surface area (Å²) in [6.45, 7) is 8.94. The zero-order valence-corrected chi connectivity index (χ0v) is 12.0. The minimum atomic E-state index is -0.0907. The summed E-state index contributed by atoms with van der Waals surface area (Å²) in [5.41, 5.74) is 8.94. The fourth-order valence-corrected chi connectivity index (χ4v) is 2.51. The molecule has 0 atom stereocenters. The van der Waals surface area contributed by atoms with E-state index in [1.807, 2.05) is 6.07 Å². The summed E-state index contributed by atoms with van der Waals surface area (Å²) >= 11 is 5.00. The lowest BCUT2D eigenvalue weighted by Crippen LogP contribution is -2.48. The van der Waals surface area contributed by atoms with E-state index in [0.717, 1.165) is 25.3 Å². The molecule has 0 spiro atoms. The molecule has 1 saturated heterocycles. The Kier molecular flexibility index (Phi) is 3.59. The van der Waals surface area contributed by atoms with Crippen LogP contribution in [0.2, 0.25) is 0 Å². The molecule has 1 aromatic carbocycles. The van der Waals surface area contributed by atoms with Crippen LogP contribution in [0.4, 0.5) is 5.69 Å². The van der Waals surface area contributed by atoms with E-state index in [9.17, 15) is 0 Å². The van der Waals surface area contributed by atoms with Crippen molar-refractivity contribution in [3.8, 4) is 0 Å². The van der Waals surface area contributed by atoms with Crippen molar-refractivity contribution in [3.05, 3.63) is 29.3 Å². The molecule has 1 fully saturated rings. The molecule has 4 heteroatoms. The van der Waals surface area contributed by atoms with Gasteiger partial charge in [-0.05, 0) is 44.5 Å². The highest BCUT2D eigenvalue weighted by Gasteiger charge is 2.27. The van der Waals surface area contributed by atoms with Crippen LogP contribution in [0.15, 0.2) is 18.2 Å². The summed E-state index contributed by atoms with van der Waals surface area (Å²) in [6.07, 6.45) is 0. The molecule has 0 saturated carbocycles. The summed E-state index contributed by atoms with van der Waals surface area (Å²) in [4.78, 5) is 2.81. The quantitative estimate of drug-likeness (QED) is 0.832. The van der Waals surface area contributed by atoms with Gasteiger partial charge in [0.15, 0.2) is 0 Å². The zero-order chi connectivity index (χ0) is 13.3. The highest BCUT2D eigenvalue weighted by atomic mass is 32.1. The minimum absolute atomic E-state index is 0.0907. The highest BCUT2D eigenvalue weighted by molar-refractivity contribution is 7.80. The monoisotopic (exact) mass is 264 g/mol. The third-order valence-electron chi connectivity index (χ3n) is 3.25. The number of thiocarbonyl (C=S) groups is 1. The first-order valence-corrected chi connectivity index (χ1v) is 6.59. The molecule has 2 rings (SSSR count). The maximum Gasteiger partial charge on any atom is 0.103 e. The van der Waals surface area contributed by atoms with Crippen LogP contribution in [-0.4, -0.2) is 30.3 Å². The van der Waals surface area contributed by atoms with E-state index in [1.165, 1.54) is 11.3 Å². The van der Waals surface area contributed by atoms with Gasteiger partial charge in [-0.15, -0.1) is 0 Å². The lowest BCUT2D eigenvalue weighted by Gasteiger charge is -2.40. The summed E-state index contributed by atoms with van der Waals surface area (Å²) in [6, 6.07) is 6.15. The predicted octanol–water partition coefficient (Wildman–Crippen LogP) is 2.24. The summed E-state index contributed by atoms with van der Waals surface area (Å²) in [5, 5.41) is 0. The fraction of sp³-hybridized carbons (Fsp3) is 0.500. The molecule has 0 aliphatic carbocycles. The molecule has 0 radical (unpaired) electrons. The van der Waals surface area contributed by atoms with Gasteiger partial charge in [0.05, 0.1) is 12.2 Å². The zero-order valence-electron chi connectivity index (χ0n) is 11.2. The van der Waals surface area contributed by atoms with Gasteiger partial charge in [0, 0.05) is 24.3 Å².